The molecule has 2 aromatic carbocycles. The van der Waals surface area contributed by atoms with E-state index in [0.717, 1.165) is 5.56 Å². The molecule has 1 unspecified atom stereocenters. The molecule has 0 aliphatic carbocycles. The van der Waals surface area contributed by atoms with E-state index in [4.69, 9.17) is 27.7 Å². The number of rotatable bonds is 6. The van der Waals surface area contributed by atoms with Gasteiger partial charge in [0.2, 0.25) is 5.78 Å². The highest BCUT2D eigenvalue weighted by molar-refractivity contribution is 6.31. The minimum absolute atomic E-state index is 0.0434. The summed E-state index contributed by atoms with van der Waals surface area (Å²) in [6, 6.07) is 16.0. The first-order chi connectivity index (χ1) is 12.6. The Bertz CT molecular complexity index is 964. The second-order valence-corrected chi connectivity index (χ2v) is 6.16. The number of Topliss-reactive ketones (excluding diaryl/α,β-unsaturated/α-hetero) is 1. The molecular weight excluding hydrogens is 375 g/mol. The molecule has 0 radical (unpaired) electrons. The molecule has 2 N–H and O–H groups in total. The number of nitriles is 1. The van der Waals surface area contributed by atoms with Crippen LogP contribution in [0.1, 0.15) is 10.5 Å². The van der Waals surface area contributed by atoms with Gasteiger partial charge in [0.1, 0.15) is 0 Å². The number of aromatic nitrogens is 1. The van der Waals surface area contributed by atoms with E-state index in [1.54, 1.807) is 48.5 Å². The Morgan fingerprint density at radius 2 is 1.88 bits per heavy atom. The van der Waals surface area contributed by atoms with Gasteiger partial charge in [-0.25, -0.2) is 5.43 Å². The van der Waals surface area contributed by atoms with E-state index in [9.17, 15) is 10.1 Å². The van der Waals surface area contributed by atoms with E-state index in [2.05, 4.69) is 16.0 Å². The van der Waals surface area contributed by atoms with Crippen molar-refractivity contribution in [3.63, 3.8) is 0 Å². The third-order valence-corrected chi connectivity index (χ3v) is 3.96. The summed E-state index contributed by atoms with van der Waals surface area (Å²) >= 11 is 11.7. The van der Waals surface area contributed by atoms with Crippen molar-refractivity contribution >= 4 is 34.7 Å². The molecule has 8 heteroatoms. The van der Waals surface area contributed by atoms with Crippen LogP contribution in [0.2, 0.25) is 10.0 Å². The fourth-order valence-electron chi connectivity index (χ4n) is 2.17. The third-order valence-electron chi connectivity index (χ3n) is 3.47. The molecule has 6 nitrogen and oxygen atoms in total. The highest BCUT2D eigenvalue weighted by Crippen LogP contribution is 2.23. The molecule has 0 bridgehead atoms. The van der Waals surface area contributed by atoms with E-state index in [1.807, 2.05) is 6.07 Å². The number of nitrogens with one attached hydrogen (secondary N) is 2. The average molecular weight is 387 g/mol. The quantitative estimate of drug-likeness (QED) is 0.483. The largest absolute Gasteiger partial charge is 0.356 e. The lowest BCUT2D eigenvalue weighted by Gasteiger charge is -2.11. The van der Waals surface area contributed by atoms with E-state index in [1.165, 1.54) is 6.07 Å². The predicted molar refractivity (Wildman–Crippen MR) is 98.9 cm³/mol. The Morgan fingerprint density at radius 1 is 1.12 bits per heavy atom. The second-order valence-electron chi connectivity index (χ2n) is 5.29. The average Bonchev–Trinajstić information content (AvgIpc) is 3.13. The highest BCUT2D eigenvalue weighted by Gasteiger charge is 2.23. The van der Waals surface area contributed by atoms with Gasteiger partial charge in [-0.15, -0.1) is 0 Å². The zero-order chi connectivity index (χ0) is 18.5. The summed E-state index contributed by atoms with van der Waals surface area (Å²) in [7, 11) is 0. The van der Waals surface area contributed by atoms with Gasteiger partial charge in [0.05, 0.1) is 11.8 Å². The van der Waals surface area contributed by atoms with E-state index in [-0.39, 0.29) is 5.69 Å². The Labute approximate surface area is 159 Å². The molecule has 0 amide bonds. The fourth-order valence-corrected chi connectivity index (χ4v) is 2.48. The zero-order valence-corrected chi connectivity index (χ0v) is 14.8. The maximum atomic E-state index is 12.5. The molecule has 1 heterocycles. The monoisotopic (exact) mass is 386 g/mol. The Morgan fingerprint density at radius 3 is 2.58 bits per heavy atom. The Kier molecular flexibility index (Phi) is 5.54. The molecular formula is C18H12Cl2N4O2. The van der Waals surface area contributed by atoms with Crippen molar-refractivity contribution in [1.29, 1.82) is 5.26 Å². The van der Waals surface area contributed by atoms with Crippen molar-refractivity contribution in [2.24, 2.45) is 0 Å². The van der Waals surface area contributed by atoms with Crippen molar-refractivity contribution < 1.29 is 9.32 Å². The van der Waals surface area contributed by atoms with E-state index >= 15 is 0 Å². The summed E-state index contributed by atoms with van der Waals surface area (Å²) in [6.07, 6.45) is 0. The SMILES string of the molecule is N#CC(NNc1cccc(Cl)c1)C(=O)c1cc(-c2ccc(Cl)cc2)on1. The number of hydrogen-bond acceptors (Lipinski definition) is 6. The van der Waals surface area contributed by atoms with Crippen LogP contribution in [0.5, 0.6) is 0 Å². The first kappa shape index (κ1) is 18.0. The first-order valence-electron chi connectivity index (χ1n) is 7.50. The molecule has 0 spiro atoms. The molecule has 3 rings (SSSR count). The number of anilines is 1. The molecule has 0 fully saturated rings. The van der Waals surface area contributed by atoms with Crippen LogP contribution in [-0.4, -0.2) is 17.0 Å². The highest BCUT2D eigenvalue weighted by atomic mass is 35.5. The molecule has 1 atom stereocenters. The van der Waals surface area contributed by atoms with Gasteiger partial charge in [-0.1, -0.05) is 34.4 Å². The van der Waals surface area contributed by atoms with Gasteiger partial charge in [0.25, 0.3) is 0 Å². The van der Waals surface area contributed by atoms with Crippen molar-refractivity contribution in [2.75, 3.05) is 5.43 Å². The number of nitrogens with zero attached hydrogens (tertiary/aromatic N) is 2. The van der Waals surface area contributed by atoms with Crippen LogP contribution in [0, 0.1) is 11.3 Å². The summed E-state index contributed by atoms with van der Waals surface area (Å²) in [5, 5.41) is 14.1. The summed E-state index contributed by atoms with van der Waals surface area (Å²) in [6.45, 7) is 0. The van der Waals surface area contributed by atoms with Crippen LogP contribution < -0.4 is 10.9 Å². The number of benzene rings is 2. The maximum Gasteiger partial charge on any atom is 0.217 e. The predicted octanol–water partition coefficient (Wildman–Crippen LogP) is 4.34. The fraction of sp³-hybridized carbons (Fsp3) is 0.0556. The molecule has 3 aromatic rings. The number of hydrogen-bond donors (Lipinski definition) is 2. The maximum absolute atomic E-state index is 12.5. The van der Waals surface area contributed by atoms with Crippen LogP contribution in [0.4, 0.5) is 5.69 Å². The van der Waals surface area contributed by atoms with Crippen molar-refractivity contribution in [3.8, 4) is 17.4 Å². The Balaban J connectivity index is 1.71. The van der Waals surface area contributed by atoms with Crippen molar-refractivity contribution in [2.45, 2.75) is 6.04 Å². The van der Waals surface area contributed by atoms with Crippen molar-refractivity contribution in [1.82, 2.24) is 10.6 Å². The molecule has 130 valence electrons. The van der Waals surface area contributed by atoms with E-state index < -0.39 is 11.8 Å². The summed E-state index contributed by atoms with van der Waals surface area (Å²) in [5.74, 6) is -0.115. The lowest BCUT2D eigenvalue weighted by Crippen LogP contribution is -2.39. The number of carbonyl (C=O) groups excluding carboxylic acids is 1. The summed E-state index contributed by atoms with van der Waals surface area (Å²) in [5.41, 5.74) is 6.81. The lowest BCUT2D eigenvalue weighted by molar-refractivity contribution is 0.0960. The van der Waals surface area contributed by atoms with Gasteiger partial charge in [-0.3, -0.25) is 4.79 Å². The van der Waals surface area contributed by atoms with Gasteiger partial charge in [0, 0.05) is 21.7 Å². The second kappa shape index (κ2) is 8.02. The van der Waals surface area contributed by atoms with Crippen LogP contribution in [0.15, 0.2) is 59.1 Å². The standard InChI is InChI=1S/C18H12Cl2N4O2/c19-12-6-4-11(5-7-12)17-9-15(24-26-17)18(25)16(10-21)23-22-14-3-1-2-13(20)8-14/h1-9,16,22-23H. The normalized spacial score (nSPS) is 11.6. The molecule has 1 aromatic heterocycles. The summed E-state index contributed by atoms with van der Waals surface area (Å²) in [4.78, 5) is 12.5. The lowest BCUT2D eigenvalue weighted by atomic mass is 10.1. The number of hydrazine groups is 1. The first-order valence-corrected chi connectivity index (χ1v) is 8.26. The van der Waals surface area contributed by atoms with Gasteiger partial charge in [0.15, 0.2) is 17.5 Å². The molecule has 0 aliphatic rings. The van der Waals surface area contributed by atoms with Gasteiger partial charge >= 0.3 is 0 Å². The van der Waals surface area contributed by atoms with Crippen LogP contribution in [-0.2, 0) is 0 Å². The van der Waals surface area contributed by atoms with Gasteiger partial charge < -0.3 is 9.95 Å². The van der Waals surface area contributed by atoms with Crippen molar-refractivity contribution in [3.05, 3.63) is 70.3 Å². The smallest absolute Gasteiger partial charge is 0.217 e. The number of ketones is 1. The number of carbonyl (C=O) groups is 1. The minimum atomic E-state index is -1.16. The van der Waals surface area contributed by atoms with Crippen LogP contribution >= 0.6 is 23.2 Å². The van der Waals surface area contributed by atoms with Gasteiger partial charge in [-0.05, 0) is 42.5 Å². The molecule has 0 saturated heterocycles. The third kappa shape index (κ3) is 4.21. The zero-order valence-electron chi connectivity index (χ0n) is 13.2. The minimum Gasteiger partial charge on any atom is -0.356 e. The van der Waals surface area contributed by atoms with Gasteiger partial charge in [-0.2, -0.15) is 5.26 Å². The van der Waals surface area contributed by atoms with Crippen LogP contribution in [0.3, 0.4) is 0 Å². The van der Waals surface area contributed by atoms with Crippen LogP contribution in [0.25, 0.3) is 11.3 Å². The molecule has 0 saturated carbocycles. The number of halogens is 2. The molecule has 0 aliphatic heterocycles. The van der Waals surface area contributed by atoms with E-state index in [0.29, 0.717) is 21.5 Å². The molecule has 26 heavy (non-hydrogen) atoms. The Hall–Kier alpha value is -2.85. The summed E-state index contributed by atoms with van der Waals surface area (Å²) < 4.78 is 5.20. The topological polar surface area (TPSA) is 91.0 Å².